The van der Waals surface area contributed by atoms with Gasteiger partial charge in [0.05, 0.1) is 11.3 Å². The van der Waals surface area contributed by atoms with Crippen LogP contribution in [0.2, 0.25) is 0 Å². The van der Waals surface area contributed by atoms with Gasteiger partial charge in [0.2, 0.25) is 0 Å². The molecule has 0 radical (unpaired) electrons. The molecule has 2 aromatic rings. The summed E-state index contributed by atoms with van der Waals surface area (Å²) >= 11 is 0. The molecule has 138 valence electrons. The Labute approximate surface area is 153 Å². The summed E-state index contributed by atoms with van der Waals surface area (Å²) in [5, 5.41) is 13.7. The number of hydrogen-bond donors (Lipinski definition) is 2. The number of nitriles is 1. The highest BCUT2D eigenvalue weighted by molar-refractivity contribution is 6.10. The van der Waals surface area contributed by atoms with Crippen molar-refractivity contribution in [2.24, 2.45) is 0 Å². The Morgan fingerprint density at radius 2 is 1.70 bits per heavy atom. The predicted octanol–water partition coefficient (Wildman–Crippen LogP) is 3.61. The van der Waals surface area contributed by atoms with Crippen LogP contribution in [-0.2, 0) is 11.0 Å². The first-order chi connectivity index (χ1) is 12.8. The molecular formula is C19H14F3N3O2. The summed E-state index contributed by atoms with van der Waals surface area (Å²) in [7, 11) is 1.48. The molecule has 0 unspecified atom stereocenters. The van der Waals surface area contributed by atoms with E-state index in [1.807, 2.05) is 0 Å². The molecule has 0 saturated carbocycles. The monoisotopic (exact) mass is 373 g/mol. The lowest BCUT2D eigenvalue weighted by Gasteiger charge is -2.13. The van der Waals surface area contributed by atoms with Gasteiger partial charge >= 0.3 is 6.18 Å². The fourth-order valence-electron chi connectivity index (χ4n) is 2.22. The van der Waals surface area contributed by atoms with Crippen LogP contribution in [0.25, 0.3) is 6.08 Å². The molecule has 0 aliphatic carbocycles. The van der Waals surface area contributed by atoms with Gasteiger partial charge in [-0.15, -0.1) is 0 Å². The molecule has 5 nitrogen and oxygen atoms in total. The number of nitrogens with zero attached hydrogens (tertiary/aromatic N) is 1. The zero-order valence-corrected chi connectivity index (χ0v) is 14.1. The van der Waals surface area contributed by atoms with Crippen LogP contribution < -0.4 is 10.6 Å². The Bertz CT molecular complexity index is 926. The fraction of sp³-hybridized carbons (Fsp3) is 0.105. The molecule has 2 rings (SSSR count). The number of benzene rings is 2. The van der Waals surface area contributed by atoms with Crippen LogP contribution in [0.3, 0.4) is 0 Å². The van der Waals surface area contributed by atoms with E-state index < -0.39 is 23.3 Å². The number of amides is 2. The van der Waals surface area contributed by atoms with Gasteiger partial charge in [-0.3, -0.25) is 9.59 Å². The number of nitrogens with one attached hydrogen (secondary N) is 2. The lowest BCUT2D eigenvalue weighted by atomic mass is 10.1. The molecular weight excluding hydrogens is 359 g/mol. The van der Waals surface area contributed by atoms with E-state index in [0.717, 1.165) is 12.1 Å². The summed E-state index contributed by atoms with van der Waals surface area (Å²) in [4.78, 5) is 23.7. The summed E-state index contributed by atoms with van der Waals surface area (Å²) in [5.41, 5.74) is -0.994. The van der Waals surface area contributed by atoms with Gasteiger partial charge in [0, 0.05) is 12.6 Å². The lowest BCUT2D eigenvalue weighted by Crippen LogP contribution is -2.18. The minimum Gasteiger partial charge on any atom is -0.355 e. The molecule has 0 bridgehead atoms. The standard InChI is InChI=1S/C19H14F3N3O2/c1-24-17(26)13-8-6-12(7-9-13)10-14(11-23)18(27)25-16-5-3-2-4-15(16)19(20,21)22/h2-10H,1H3,(H,24,26)(H,25,27)/b14-10+. The molecule has 0 fully saturated rings. The fourth-order valence-corrected chi connectivity index (χ4v) is 2.22. The first-order valence-corrected chi connectivity index (χ1v) is 7.67. The van der Waals surface area contributed by atoms with E-state index in [0.29, 0.717) is 11.1 Å². The summed E-state index contributed by atoms with van der Waals surface area (Å²) < 4.78 is 39.0. The van der Waals surface area contributed by atoms with Gasteiger partial charge in [-0.05, 0) is 35.9 Å². The van der Waals surface area contributed by atoms with E-state index in [4.69, 9.17) is 0 Å². The van der Waals surface area contributed by atoms with E-state index in [1.165, 1.54) is 49.5 Å². The summed E-state index contributed by atoms with van der Waals surface area (Å²) in [5.74, 6) is -1.27. The van der Waals surface area contributed by atoms with Gasteiger partial charge < -0.3 is 10.6 Å². The minimum absolute atomic E-state index is 0.299. The quantitative estimate of drug-likeness (QED) is 0.635. The van der Waals surface area contributed by atoms with Crippen molar-refractivity contribution < 1.29 is 22.8 Å². The van der Waals surface area contributed by atoms with Gasteiger partial charge in [-0.25, -0.2) is 0 Å². The minimum atomic E-state index is -4.64. The largest absolute Gasteiger partial charge is 0.418 e. The number of carbonyl (C=O) groups is 2. The van der Waals surface area contributed by atoms with E-state index in [9.17, 15) is 28.0 Å². The number of para-hydroxylation sites is 1. The van der Waals surface area contributed by atoms with Crippen LogP contribution in [0, 0.1) is 11.3 Å². The Kier molecular flexibility index (Phi) is 5.98. The number of rotatable bonds is 4. The molecule has 0 aliphatic heterocycles. The first kappa shape index (κ1) is 19.7. The van der Waals surface area contributed by atoms with Crippen LogP contribution in [0.15, 0.2) is 54.1 Å². The second-order valence-corrected chi connectivity index (χ2v) is 5.37. The van der Waals surface area contributed by atoms with E-state index in [-0.39, 0.29) is 11.5 Å². The normalized spacial score (nSPS) is 11.4. The number of alkyl halides is 3. The number of carbonyl (C=O) groups excluding carboxylic acids is 2. The average Bonchev–Trinajstić information content (AvgIpc) is 2.65. The number of anilines is 1. The Balaban J connectivity index is 2.26. The van der Waals surface area contributed by atoms with Crippen molar-refractivity contribution in [3.05, 3.63) is 70.8 Å². The maximum Gasteiger partial charge on any atom is 0.418 e. The topological polar surface area (TPSA) is 82.0 Å². The molecule has 8 heteroatoms. The zero-order valence-electron chi connectivity index (χ0n) is 14.1. The van der Waals surface area contributed by atoms with Gasteiger partial charge in [0.15, 0.2) is 0 Å². The molecule has 0 saturated heterocycles. The van der Waals surface area contributed by atoms with Gasteiger partial charge in [-0.1, -0.05) is 24.3 Å². The Morgan fingerprint density at radius 3 is 2.26 bits per heavy atom. The van der Waals surface area contributed by atoms with Crippen molar-refractivity contribution in [3.8, 4) is 6.07 Å². The SMILES string of the molecule is CNC(=O)c1ccc(/C=C(\C#N)C(=O)Nc2ccccc2C(F)(F)F)cc1. The molecule has 0 aliphatic rings. The predicted molar refractivity (Wildman–Crippen MR) is 93.5 cm³/mol. The maximum absolute atomic E-state index is 13.0. The molecule has 27 heavy (non-hydrogen) atoms. The third-order valence-electron chi connectivity index (χ3n) is 3.56. The third kappa shape index (κ3) is 4.95. The first-order valence-electron chi connectivity index (χ1n) is 7.67. The second kappa shape index (κ2) is 8.19. The summed E-state index contributed by atoms with van der Waals surface area (Å²) in [6, 6.07) is 12.2. The molecule has 2 N–H and O–H groups in total. The van der Waals surface area contributed by atoms with Gasteiger partial charge in [0.25, 0.3) is 11.8 Å². The molecule has 2 amide bonds. The van der Waals surface area contributed by atoms with Crippen molar-refractivity contribution in [2.45, 2.75) is 6.18 Å². The highest BCUT2D eigenvalue weighted by atomic mass is 19.4. The van der Waals surface area contributed by atoms with Crippen LogP contribution in [0.4, 0.5) is 18.9 Å². The summed E-state index contributed by atoms with van der Waals surface area (Å²) in [6.07, 6.45) is -3.42. The van der Waals surface area contributed by atoms with E-state index in [2.05, 4.69) is 10.6 Å². The molecule has 0 heterocycles. The van der Waals surface area contributed by atoms with Crippen molar-refractivity contribution in [3.63, 3.8) is 0 Å². The van der Waals surface area contributed by atoms with Crippen LogP contribution >= 0.6 is 0 Å². The molecule has 0 atom stereocenters. The van der Waals surface area contributed by atoms with Crippen molar-refractivity contribution >= 4 is 23.6 Å². The van der Waals surface area contributed by atoms with Crippen LogP contribution in [0.5, 0.6) is 0 Å². The molecule has 0 spiro atoms. The number of halogens is 3. The third-order valence-corrected chi connectivity index (χ3v) is 3.56. The lowest BCUT2D eigenvalue weighted by molar-refractivity contribution is -0.137. The number of hydrogen-bond acceptors (Lipinski definition) is 3. The smallest absolute Gasteiger partial charge is 0.355 e. The van der Waals surface area contributed by atoms with E-state index in [1.54, 1.807) is 6.07 Å². The maximum atomic E-state index is 13.0. The molecule has 0 aromatic heterocycles. The Morgan fingerprint density at radius 1 is 1.07 bits per heavy atom. The highest BCUT2D eigenvalue weighted by Crippen LogP contribution is 2.34. The van der Waals surface area contributed by atoms with Crippen LogP contribution in [-0.4, -0.2) is 18.9 Å². The highest BCUT2D eigenvalue weighted by Gasteiger charge is 2.33. The van der Waals surface area contributed by atoms with E-state index >= 15 is 0 Å². The Hall–Kier alpha value is -3.60. The zero-order chi connectivity index (χ0) is 20.0. The summed E-state index contributed by atoms with van der Waals surface area (Å²) in [6.45, 7) is 0. The van der Waals surface area contributed by atoms with Gasteiger partial charge in [-0.2, -0.15) is 18.4 Å². The molecule has 2 aromatic carbocycles. The van der Waals surface area contributed by atoms with Crippen LogP contribution in [0.1, 0.15) is 21.5 Å². The van der Waals surface area contributed by atoms with Crippen molar-refractivity contribution in [1.82, 2.24) is 5.32 Å². The van der Waals surface area contributed by atoms with Gasteiger partial charge in [0.1, 0.15) is 11.6 Å². The average molecular weight is 373 g/mol. The van der Waals surface area contributed by atoms with Crippen molar-refractivity contribution in [2.75, 3.05) is 12.4 Å². The second-order valence-electron chi connectivity index (χ2n) is 5.37. The van der Waals surface area contributed by atoms with Crippen molar-refractivity contribution in [1.29, 1.82) is 5.26 Å².